The van der Waals surface area contributed by atoms with Crippen molar-refractivity contribution in [3.63, 3.8) is 0 Å². The maximum atomic E-state index is 9.36. The molecule has 0 aliphatic rings. The molecule has 18 heavy (non-hydrogen) atoms. The fourth-order valence-corrected chi connectivity index (χ4v) is 2.20. The molecular weight excluding hydrogens is 230 g/mol. The van der Waals surface area contributed by atoms with Crippen LogP contribution in [0.25, 0.3) is 0 Å². The van der Waals surface area contributed by atoms with E-state index >= 15 is 0 Å². The highest BCUT2D eigenvalue weighted by Crippen LogP contribution is 2.28. The maximum absolute atomic E-state index is 9.36. The van der Waals surface area contributed by atoms with Crippen molar-refractivity contribution in [1.29, 1.82) is 5.26 Å². The van der Waals surface area contributed by atoms with Gasteiger partial charge in [0.05, 0.1) is 23.4 Å². The highest BCUT2D eigenvalue weighted by Gasteiger charge is 2.23. The molecule has 0 fully saturated rings. The first-order valence-electron chi connectivity index (χ1n) is 5.78. The minimum Gasteiger partial charge on any atom is -0.361 e. The van der Waals surface area contributed by atoms with Gasteiger partial charge in [-0.2, -0.15) is 5.26 Å². The molecule has 2 aromatic heterocycles. The molecule has 0 amide bonds. The zero-order valence-electron chi connectivity index (χ0n) is 10.9. The zero-order chi connectivity index (χ0) is 13.3. The third-order valence-electron chi connectivity index (χ3n) is 3.18. The summed E-state index contributed by atoms with van der Waals surface area (Å²) in [6.45, 7) is 7.42. The molecule has 2 aromatic rings. The molecule has 0 N–H and O–H groups in total. The third-order valence-corrected chi connectivity index (χ3v) is 3.18. The average Bonchev–Trinajstić information content (AvgIpc) is 2.83. The number of rotatable bonds is 3. The summed E-state index contributed by atoms with van der Waals surface area (Å²) in [6.07, 6.45) is 0.570. The van der Waals surface area contributed by atoms with Crippen LogP contribution in [0.2, 0.25) is 0 Å². The summed E-state index contributed by atoms with van der Waals surface area (Å²) in [5.41, 5.74) is 3.46. The van der Waals surface area contributed by atoms with Crippen LogP contribution in [0.15, 0.2) is 9.05 Å². The van der Waals surface area contributed by atoms with Crippen molar-refractivity contribution < 1.29 is 9.05 Å². The van der Waals surface area contributed by atoms with Crippen molar-refractivity contribution in [2.45, 2.75) is 40.0 Å². The van der Waals surface area contributed by atoms with Crippen LogP contribution in [-0.2, 0) is 6.42 Å². The van der Waals surface area contributed by atoms with E-state index in [2.05, 4.69) is 16.4 Å². The van der Waals surface area contributed by atoms with Crippen LogP contribution in [0, 0.1) is 39.0 Å². The third kappa shape index (κ3) is 2.02. The SMILES string of the molecule is Cc1noc(C)c1CC(C#N)c1c(C)noc1C. The first-order chi connectivity index (χ1) is 8.54. The summed E-state index contributed by atoms with van der Waals surface area (Å²) in [7, 11) is 0. The smallest absolute Gasteiger partial charge is 0.138 e. The van der Waals surface area contributed by atoms with E-state index < -0.39 is 0 Å². The van der Waals surface area contributed by atoms with Crippen molar-refractivity contribution in [1.82, 2.24) is 10.3 Å². The second-order valence-electron chi connectivity index (χ2n) is 4.43. The minimum atomic E-state index is -0.284. The molecule has 0 aliphatic carbocycles. The number of hydrogen-bond acceptors (Lipinski definition) is 5. The molecule has 1 atom stereocenters. The fraction of sp³-hybridized carbons (Fsp3) is 0.462. The second-order valence-corrected chi connectivity index (χ2v) is 4.43. The van der Waals surface area contributed by atoms with E-state index in [-0.39, 0.29) is 5.92 Å². The molecule has 2 rings (SSSR count). The fourth-order valence-electron chi connectivity index (χ4n) is 2.20. The van der Waals surface area contributed by atoms with Crippen molar-refractivity contribution in [2.24, 2.45) is 0 Å². The number of nitrogens with zero attached hydrogens (tertiary/aromatic N) is 3. The van der Waals surface area contributed by atoms with Crippen molar-refractivity contribution >= 4 is 0 Å². The topological polar surface area (TPSA) is 75.8 Å². The largest absolute Gasteiger partial charge is 0.361 e. The predicted octanol–water partition coefficient (Wildman–Crippen LogP) is 2.75. The molecule has 0 bridgehead atoms. The summed E-state index contributed by atoms with van der Waals surface area (Å²) in [4.78, 5) is 0. The van der Waals surface area contributed by atoms with E-state index in [4.69, 9.17) is 9.05 Å². The van der Waals surface area contributed by atoms with Crippen LogP contribution in [0.1, 0.15) is 40.0 Å². The molecule has 5 nitrogen and oxygen atoms in total. The summed E-state index contributed by atoms with van der Waals surface area (Å²) in [5.74, 6) is 1.18. The lowest BCUT2D eigenvalue weighted by molar-refractivity contribution is 0.391. The van der Waals surface area contributed by atoms with Gasteiger partial charge in [-0.15, -0.1) is 0 Å². The van der Waals surface area contributed by atoms with Crippen molar-refractivity contribution in [2.75, 3.05) is 0 Å². The quantitative estimate of drug-likeness (QED) is 0.831. The lowest BCUT2D eigenvalue weighted by Gasteiger charge is -2.08. The van der Waals surface area contributed by atoms with Crippen LogP contribution in [0.3, 0.4) is 0 Å². The number of hydrogen-bond donors (Lipinski definition) is 0. The van der Waals surface area contributed by atoms with E-state index in [1.807, 2.05) is 27.7 Å². The van der Waals surface area contributed by atoms with E-state index in [0.29, 0.717) is 12.2 Å². The van der Waals surface area contributed by atoms with Gasteiger partial charge in [-0.1, -0.05) is 10.3 Å². The van der Waals surface area contributed by atoms with Crippen LogP contribution in [0.4, 0.5) is 0 Å². The van der Waals surface area contributed by atoms with Crippen LogP contribution >= 0.6 is 0 Å². The molecule has 0 aromatic carbocycles. The van der Waals surface area contributed by atoms with Crippen LogP contribution in [-0.4, -0.2) is 10.3 Å². The standard InChI is InChI=1S/C13H15N3O2/c1-7-12(9(3)17-15-7)5-11(6-14)13-8(2)16-18-10(13)4/h11H,5H2,1-4H3. The zero-order valence-corrected chi connectivity index (χ0v) is 10.9. The molecule has 94 valence electrons. The Kier molecular flexibility index (Phi) is 3.19. The Bertz CT molecular complexity index is 565. The van der Waals surface area contributed by atoms with Gasteiger partial charge in [0.25, 0.3) is 0 Å². The minimum absolute atomic E-state index is 0.284. The molecule has 0 aliphatic heterocycles. The van der Waals surface area contributed by atoms with Gasteiger partial charge in [0.2, 0.25) is 0 Å². The molecule has 0 saturated heterocycles. The first kappa shape index (κ1) is 12.4. The van der Waals surface area contributed by atoms with Gasteiger partial charge < -0.3 is 9.05 Å². The molecule has 2 heterocycles. The Morgan fingerprint density at radius 1 is 1.06 bits per heavy atom. The summed E-state index contributed by atoms with van der Waals surface area (Å²) < 4.78 is 10.2. The lowest BCUT2D eigenvalue weighted by Crippen LogP contribution is -2.04. The number of nitriles is 1. The van der Waals surface area contributed by atoms with E-state index in [0.717, 1.165) is 28.3 Å². The van der Waals surface area contributed by atoms with Gasteiger partial charge in [-0.05, 0) is 34.1 Å². The number of aromatic nitrogens is 2. The van der Waals surface area contributed by atoms with Gasteiger partial charge in [0, 0.05) is 11.1 Å². The van der Waals surface area contributed by atoms with Gasteiger partial charge in [0.15, 0.2) is 0 Å². The normalized spacial score (nSPS) is 12.4. The Morgan fingerprint density at radius 3 is 2.11 bits per heavy atom. The molecular formula is C13H15N3O2. The Morgan fingerprint density at radius 2 is 1.67 bits per heavy atom. The first-order valence-corrected chi connectivity index (χ1v) is 5.78. The molecule has 0 saturated carbocycles. The second kappa shape index (κ2) is 4.65. The molecule has 0 spiro atoms. The van der Waals surface area contributed by atoms with E-state index in [1.54, 1.807) is 0 Å². The maximum Gasteiger partial charge on any atom is 0.138 e. The summed E-state index contributed by atoms with van der Waals surface area (Å²) in [5, 5.41) is 17.2. The Labute approximate surface area is 105 Å². The predicted molar refractivity (Wildman–Crippen MR) is 64.0 cm³/mol. The van der Waals surface area contributed by atoms with E-state index in [9.17, 15) is 5.26 Å². The Hall–Kier alpha value is -2.09. The van der Waals surface area contributed by atoms with Gasteiger partial charge in [0.1, 0.15) is 11.5 Å². The summed E-state index contributed by atoms with van der Waals surface area (Å²) >= 11 is 0. The molecule has 1 unspecified atom stereocenters. The highest BCUT2D eigenvalue weighted by atomic mass is 16.5. The number of aryl methyl sites for hydroxylation is 4. The van der Waals surface area contributed by atoms with Crippen molar-refractivity contribution in [3.05, 3.63) is 34.0 Å². The van der Waals surface area contributed by atoms with Gasteiger partial charge in [-0.25, -0.2) is 0 Å². The molecule has 0 radical (unpaired) electrons. The van der Waals surface area contributed by atoms with Gasteiger partial charge >= 0.3 is 0 Å². The highest BCUT2D eigenvalue weighted by molar-refractivity contribution is 5.34. The monoisotopic (exact) mass is 245 g/mol. The van der Waals surface area contributed by atoms with Crippen LogP contribution in [0.5, 0.6) is 0 Å². The average molecular weight is 245 g/mol. The lowest BCUT2D eigenvalue weighted by atomic mass is 9.91. The van der Waals surface area contributed by atoms with E-state index in [1.165, 1.54) is 0 Å². The van der Waals surface area contributed by atoms with Crippen molar-refractivity contribution in [3.8, 4) is 6.07 Å². The Balaban J connectivity index is 2.35. The van der Waals surface area contributed by atoms with Gasteiger partial charge in [-0.3, -0.25) is 0 Å². The molecule has 5 heteroatoms. The summed E-state index contributed by atoms with van der Waals surface area (Å²) in [6, 6.07) is 2.31. The van der Waals surface area contributed by atoms with Crippen LogP contribution < -0.4 is 0 Å².